The summed E-state index contributed by atoms with van der Waals surface area (Å²) in [5, 5.41) is 11.3. The Morgan fingerprint density at radius 3 is 0.982 bits per heavy atom. The molecule has 56 heavy (non-hydrogen) atoms. The zero-order valence-corrected chi connectivity index (χ0v) is 29.6. The molecule has 0 spiro atoms. The van der Waals surface area contributed by atoms with E-state index in [1.165, 1.54) is 36.4 Å². The lowest BCUT2D eigenvalue weighted by molar-refractivity contribution is -0.130. The van der Waals surface area contributed by atoms with E-state index in [1.54, 1.807) is 85.0 Å². The molecule has 0 saturated carbocycles. The van der Waals surface area contributed by atoms with Gasteiger partial charge in [-0.15, -0.1) is 11.5 Å². The molecule has 0 radical (unpaired) electrons. The minimum absolute atomic E-state index is 0.00772. The summed E-state index contributed by atoms with van der Waals surface area (Å²) in [6, 6.07) is 22.7. The third kappa shape index (κ3) is 9.05. The molecule has 0 saturated heterocycles. The van der Waals surface area contributed by atoms with Crippen LogP contribution in [0.1, 0.15) is 63.7 Å². The van der Waals surface area contributed by atoms with E-state index in [9.17, 15) is 28.8 Å². The highest BCUT2D eigenvalue weighted by Crippen LogP contribution is 2.22. The summed E-state index contributed by atoms with van der Waals surface area (Å²) < 4.78 is 11.0. The highest BCUT2D eigenvalue weighted by Gasteiger charge is 2.20. The molecular formula is C44H32N4O8. The van der Waals surface area contributed by atoms with Gasteiger partial charge in [0.25, 0.3) is 23.6 Å². The van der Waals surface area contributed by atoms with Gasteiger partial charge in [-0.1, -0.05) is 60.7 Å². The Kier molecular flexibility index (Phi) is 10.8. The van der Waals surface area contributed by atoms with Gasteiger partial charge >= 0.3 is 11.9 Å². The van der Waals surface area contributed by atoms with Crippen LogP contribution in [0.3, 0.4) is 0 Å². The number of ether oxygens (including phenoxy) is 2. The van der Waals surface area contributed by atoms with Gasteiger partial charge in [0.05, 0.1) is 0 Å². The highest BCUT2D eigenvalue weighted by atomic mass is 16.5. The molecule has 12 nitrogen and oxygen atoms in total. The lowest BCUT2D eigenvalue weighted by atomic mass is 10.1. The molecule has 4 heterocycles. The number of carbonyl (C=O) groups is 6. The Labute approximate surface area is 320 Å². The number of rotatable bonds is 4. The minimum atomic E-state index is -0.691. The Balaban J connectivity index is 1.14. The molecule has 0 unspecified atom stereocenters. The van der Waals surface area contributed by atoms with E-state index < -0.39 is 35.6 Å². The molecule has 4 aliphatic heterocycles. The third-order valence-electron chi connectivity index (χ3n) is 8.78. The monoisotopic (exact) mass is 744 g/mol. The van der Waals surface area contributed by atoms with Gasteiger partial charge in [0, 0.05) is 48.4 Å². The van der Waals surface area contributed by atoms with E-state index >= 15 is 0 Å². The lowest BCUT2D eigenvalue weighted by Crippen LogP contribution is -2.26. The molecule has 4 aromatic rings. The fourth-order valence-corrected chi connectivity index (χ4v) is 5.77. The Bertz CT molecular complexity index is 2210. The molecule has 0 fully saturated rings. The number of carbonyl (C=O) groups excluding carboxylic acids is 6. The maximum atomic E-state index is 13.4. The molecule has 0 aromatic heterocycles. The van der Waals surface area contributed by atoms with Crippen LogP contribution in [-0.4, -0.2) is 35.6 Å². The molecule has 276 valence electrons. The van der Waals surface area contributed by atoms with Crippen LogP contribution in [0.2, 0.25) is 0 Å². The van der Waals surface area contributed by atoms with E-state index in [0.717, 1.165) is 22.3 Å². The summed E-state index contributed by atoms with van der Waals surface area (Å²) in [6.07, 6.45) is 9.51. The SMILES string of the molecule is O=C(Oc1cc2cc(c1)C(=O)NCc1ccc(cc1)CNC(=O)c1cc(OC(=O)C3=C=CC=C3)cc(c1)C(=O)NCc1ccc(cc1)CNC2=O)C1=C=CC=C1. The Morgan fingerprint density at radius 2 is 0.732 bits per heavy atom. The number of esters is 2. The first-order valence-corrected chi connectivity index (χ1v) is 17.5. The normalized spacial score (nSPS) is 15.1. The molecule has 12 heteroatoms. The number of amides is 4. The van der Waals surface area contributed by atoms with Crippen molar-refractivity contribution in [3.63, 3.8) is 0 Å². The van der Waals surface area contributed by atoms with E-state index in [0.29, 0.717) is 0 Å². The first-order valence-electron chi connectivity index (χ1n) is 17.5. The average Bonchev–Trinajstić information content (AvgIpc) is 3.97. The van der Waals surface area contributed by atoms with E-state index in [1.807, 2.05) is 0 Å². The van der Waals surface area contributed by atoms with Gasteiger partial charge in [-0.25, -0.2) is 9.59 Å². The maximum absolute atomic E-state index is 13.4. The first kappa shape index (κ1) is 36.6. The number of nitrogens with one attached hydrogen (secondary N) is 4. The van der Waals surface area contributed by atoms with Crippen molar-refractivity contribution in [3.8, 4) is 11.5 Å². The van der Waals surface area contributed by atoms with Crippen molar-refractivity contribution in [2.24, 2.45) is 0 Å². The summed E-state index contributed by atoms with van der Waals surface area (Å²) in [7, 11) is 0. The van der Waals surface area contributed by atoms with Crippen molar-refractivity contribution in [2.45, 2.75) is 26.2 Å². The standard InChI is InChI=1S/C44H32N4O8/c49-39-33-17-34(20-37(19-33)55-43(53)31-5-1-2-6-31)40(50)46-24-28-11-15-30(16-12-28)26-48-42(52)36-18-35(21-38(22-36)56-44(54)32-7-3-4-8-32)41(51)47-25-29-13-9-27(10-14-29)23-45-39/h1-5,7,9-22H,23-26H2,(H,45,49)(H,46,50)(H,47,51)(H,48,52). The quantitative estimate of drug-likeness (QED) is 0.131. The van der Waals surface area contributed by atoms with Crippen molar-refractivity contribution < 1.29 is 38.2 Å². The average molecular weight is 745 g/mol. The smallest absolute Gasteiger partial charge is 0.351 e. The largest absolute Gasteiger partial charge is 0.422 e. The number of hydrogen-bond acceptors (Lipinski definition) is 8. The summed E-state index contributed by atoms with van der Waals surface area (Å²) in [5.74, 6) is -3.38. The molecule has 6 aliphatic rings. The highest BCUT2D eigenvalue weighted by molar-refractivity contribution is 6.02. The molecule has 4 aromatic carbocycles. The summed E-state index contributed by atoms with van der Waals surface area (Å²) in [6.45, 7) is 0.533. The van der Waals surface area contributed by atoms with Crippen molar-refractivity contribution in [2.75, 3.05) is 0 Å². The molecular weight excluding hydrogens is 713 g/mol. The van der Waals surface area contributed by atoms with Crippen LogP contribution in [0.15, 0.2) is 144 Å². The molecule has 8 bridgehead atoms. The van der Waals surface area contributed by atoms with Crippen LogP contribution in [0.25, 0.3) is 0 Å². The van der Waals surface area contributed by atoms with Gasteiger partial charge in [-0.2, -0.15) is 0 Å². The predicted molar refractivity (Wildman–Crippen MR) is 203 cm³/mol. The van der Waals surface area contributed by atoms with Crippen LogP contribution < -0.4 is 30.7 Å². The molecule has 0 atom stereocenters. The van der Waals surface area contributed by atoms with Crippen LogP contribution in [0, 0.1) is 0 Å². The topological polar surface area (TPSA) is 169 Å². The van der Waals surface area contributed by atoms with Crippen molar-refractivity contribution in [1.82, 2.24) is 21.3 Å². The zero-order valence-electron chi connectivity index (χ0n) is 29.6. The zero-order chi connectivity index (χ0) is 39.0. The number of hydrogen-bond donors (Lipinski definition) is 4. The van der Waals surface area contributed by atoms with Gasteiger partial charge in [0.15, 0.2) is 0 Å². The first-order chi connectivity index (χ1) is 27.2. The summed E-state index contributed by atoms with van der Waals surface area (Å²) in [4.78, 5) is 78.9. The van der Waals surface area contributed by atoms with Crippen LogP contribution >= 0.6 is 0 Å². The Morgan fingerprint density at radius 1 is 0.446 bits per heavy atom. The number of allylic oxidation sites excluding steroid dienone is 2. The molecule has 4 amide bonds. The van der Waals surface area contributed by atoms with Gasteiger partial charge in [0.2, 0.25) is 0 Å². The third-order valence-corrected chi connectivity index (χ3v) is 8.78. The molecule has 2 aliphatic carbocycles. The van der Waals surface area contributed by atoms with Crippen LogP contribution in [0.4, 0.5) is 0 Å². The molecule has 10 rings (SSSR count). The van der Waals surface area contributed by atoms with E-state index in [4.69, 9.17) is 9.47 Å². The van der Waals surface area contributed by atoms with Gasteiger partial charge in [-0.3, -0.25) is 19.2 Å². The van der Waals surface area contributed by atoms with Crippen LogP contribution in [0.5, 0.6) is 11.5 Å². The lowest BCUT2D eigenvalue weighted by Gasteiger charge is -2.13. The number of benzene rings is 4. The second-order valence-corrected chi connectivity index (χ2v) is 12.8. The predicted octanol–water partition coefficient (Wildman–Crippen LogP) is 4.83. The van der Waals surface area contributed by atoms with E-state index in [2.05, 4.69) is 32.7 Å². The fourth-order valence-electron chi connectivity index (χ4n) is 5.77. The van der Waals surface area contributed by atoms with E-state index in [-0.39, 0.29) is 71.1 Å². The van der Waals surface area contributed by atoms with Crippen molar-refractivity contribution in [1.29, 1.82) is 0 Å². The van der Waals surface area contributed by atoms with Gasteiger partial charge in [0.1, 0.15) is 22.6 Å². The van der Waals surface area contributed by atoms with Crippen molar-refractivity contribution >= 4 is 35.6 Å². The second-order valence-electron chi connectivity index (χ2n) is 12.8. The minimum Gasteiger partial charge on any atom is -0.422 e. The van der Waals surface area contributed by atoms with Gasteiger partial charge < -0.3 is 30.7 Å². The summed E-state index contributed by atoms with van der Waals surface area (Å²) >= 11 is 0. The maximum Gasteiger partial charge on any atom is 0.351 e. The van der Waals surface area contributed by atoms with Gasteiger partial charge in [-0.05, 0) is 83.0 Å². The fraction of sp³-hybridized carbons (Fsp3) is 0.0909. The summed E-state index contributed by atoms with van der Waals surface area (Å²) in [5.41, 5.74) is 9.35. The Hall–Kier alpha value is -7.78. The van der Waals surface area contributed by atoms with Crippen LogP contribution in [-0.2, 0) is 35.8 Å². The molecule has 4 N–H and O–H groups in total. The van der Waals surface area contributed by atoms with Crippen molar-refractivity contribution in [3.05, 3.63) is 189 Å². The second kappa shape index (κ2) is 16.5.